The number of aromatic nitrogens is 2. The molecule has 2 heterocycles. The highest BCUT2D eigenvalue weighted by Crippen LogP contribution is 2.43. The first-order chi connectivity index (χ1) is 10.1. The summed E-state index contributed by atoms with van der Waals surface area (Å²) in [7, 11) is 0. The standard InChI is InChI=1S/C15H19N3OS2/c1-9-10(2)21-13(8-20-9)15-17-14(19-18-15)7-11-3-5-12(16)6-4-11/h3-6,9-10,13H,7-8,16H2,1-2H3. The van der Waals surface area contributed by atoms with Crippen molar-refractivity contribution in [2.45, 2.75) is 36.0 Å². The largest absolute Gasteiger partial charge is 0.399 e. The molecule has 6 heteroatoms. The van der Waals surface area contributed by atoms with E-state index in [0.29, 0.717) is 28.1 Å². The second-order valence-electron chi connectivity index (χ2n) is 5.33. The summed E-state index contributed by atoms with van der Waals surface area (Å²) >= 11 is 3.93. The summed E-state index contributed by atoms with van der Waals surface area (Å²) in [5.41, 5.74) is 7.59. The Labute approximate surface area is 133 Å². The number of benzene rings is 1. The highest BCUT2D eigenvalue weighted by Gasteiger charge is 2.29. The number of hydrogen-bond donors (Lipinski definition) is 1. The van der Waals surface area contributed by atoms with E-state index >= 15 is 0 Å². The van der Waals surface area contributed by atoms with Crippen molar-refractivity contribution in [3.05, 3.63) is 41.5 Å². The molecule has 0 bridgehead atoms. The lowest BCUT2D eigenvalue weighted by atomic mass is 10.1. The van der Waals surface area contributed by atoms with Gasteiger partial charge in [-0.1, -0.05) is 31.1 Å². The molecular weight excluding hydrogens is 302 g/mol. The Morgan fingerprint density at radius 1 is 1.24 bits per heavy atom. The second-order valence-corrected chi connectivity index (χ2v) is 8.33. The van der Waals surface area contributed by atoms with E-state index < -0.39 is 0 Å². The Kier molecular flexibility index (Phi) is 4.45. The average molecular weight is 321 g/mol. The van der Waals surface area contributed by atoms with Crippen LogP contribution in [0.25, 0.3) is 0 Å². The molecule has 2 N–H and O–H groups in total. The Bertz CT molecular complexity index is 599. The zero-order valence-corrected chi connectivity index (χ0v) is 13.8. The van der Waals surface area contributed by atoms with Gasteiger partial charge in [-0.05, 0) is 17.7 Å². The number of nitrogens with zero attached hydrogens (tertiary/aromatic N) is 2. The van der Waals surface area contributed by atoms with Gasteiger partial charge in [-0.15, -0.1) is 11.8 Å². The first kappa shape index (κ1) is 14.8. The van der Waals surface area contributed by atoms with E-state index in [9.17, 15) is 0 Å². The van der Waals surface area contributed by atoms with E-state index in [1.807, 2.05) is 47.8 Å². The quantitative estimate of drug-likeness (QED) is 0.872. The molecule has 0 amide bonds. The third-order valence-corrected chi connectivity index (χ3v) is 7.04. The number of nitrogen functional groups attached to an aromatic ring is 1. The SMILES string of the molecule is CC1SCC(c2noc(Cc3ccc(N)cc3)n2)SC1C. The number of rotatable bonds is 3. The van der Waals surface area contributed by atoms with Crippen LogP contribution in [0.2, 0.25) is 0 Å². The Balaban J connectivity index is 1.67. The fourth-order valence-corrected chi connectivity index (χ4v) is 5.03. The normalized spacial score (nSPS) is 25.9. The van der Waals surface area contributed by atoms with Gasteiger partial charge in [-0.25, -0.2) is 0 Å². The summed E-state index contributed by atoms with van der Waals surface area (Å²) < 4.78 is 5.40. The zero-order valence-electron chi connectivity index (χ0n) is 12.2. The lowest BCUT2D eigenvalue weighted by molar-refractivity contribution is 0.379. The van der Waals surface area contributed by atoms with E-state index in [4.69, 9.17) is 10.3 Å². The van der Waals surface area contributed by atoms with Crippen LogP contribution in [0, 0.1) is 0 Å². The number of anilines is 1. The summed E-state index contributed by atoms with van der Waals surface area (Å²) in [6.07, 6.45) is 0.657. The van der Waals surface area contributed by atoms with E-state index in [0.717, 1.165) is 22.8 Å². The minimum Gasteiger partial charge on any atom is -0.399 e. The van der Waals surface area contributed by atoms with E-state index in [2.05, 4.69) is 24.0 Å². The fourth-order valence-electron chi connectivity index (χ4n) is 2.20. The van der Waals surface area contributed by atoms with E-state index in [1.54, 1.807) is 0 Å². The molecule has 4 nitrogen and oxygen atoms in total. The molecule has 0 saturated carbocycles. The number of nitrogens with two attached hydrogens (primary N) is 1. The summed E-state index contributed by atoms with van der Waals surface area (Å²) in [6.45, 7) is 4.55. The van der Waals surface area contributed by atoms with Gasteiger partial charge in [-0.2, -0.15) is 16.7 Å². The van der Waals surface area contributed by atoms with Crippen molar-refractivity contribution >= 4 is 29.2 Å². The van der Waals surface area contributed by atoms with Crippen LogP contribution in [-0.2, 0) is 6.42 Å². The first-order valence-electron chi connectivity index (χ1n) is 7.06. The van der Waals surface area contributed by atoms with Gasteiger partial charge in [0, 0.05) is 21.9 Å². The zero-order chi connectivity index (χ0) is 14.8. The van der Waals surface area contributed by atoms with Crippen molar-refractivity contribution in [2.75, 3.05) is 11.5 Å². The smallest absolute Gasteiger partial charge is 0.231 e. The summed E-state index contributed by atoms with van der Waals surface area (Å²) in [6, 6.07) is 7.77. The van der Waals surface area contributed by atoms with Crippen LogP contribution in [0.4, 0.5) is 5.69 Å². The maximum absolute atomic E-state index is 5.69. The molecule has 1 aromatic carbocycles. The molecule has 3 atom stereocenters. The van der Waals surface area contributed by atoms with Gasteiger partial charge in [0.05, 0.1) is 11.7 Å². The van der Waals surface area contributed by atoms with Gasteiger partial charge in [0.15, 0.2) is 5.82 Å². The van der Waals surface area contributed by atoms with Gasteiger partial charge in [0.25, 0.3) is 0 Å². The molecule has 1 aliphatic heterocycles. The van der Waals surface area contributed by atoms with Crippen molar-refractivity contribution in [1.29, 1.82) is 0 Å². The Hall–Kier alpha value is -1.14. The summed E-state index contributed by atoms with van der Waals surface area (Å²) in [5, 5.41) is 5.81. The maximum Gasteiger partial charge on any atom is 0.231 e. The lowest BCUT2D eigenvalue weighted by Crippen LogP contribution is -2.22. The fraction of sp³-hybridized carbons (Fsp3) is 0.467. The van der Waals surface area contributed by atoms with Crippen molar-refractivity contribution in [1.82, 2.24) is 10.1 Å². The predicted octanol–water partition coefficient (Wildman–Crippen LogP) is 3.54. The molecule has 21 heavy (non-hydrogen) atoms. The molecule has 0 radical (unpaired) electrons. The molecule has 1 aromatic heterocycles. The highest BCUT2D eigenvalue weighted by atomic mass is 32.2. The summed E-state index contributed by atoms with van der Waals surface area (Å²) in [5.74, 6) is 2.56. The van der Waals surface area contributed by atoms with Gasteiger partial charge >= 0.3 is 0 Å². The monoisotopic (exact) mass is 321 g/mol. The molecule has 3 unspecified atom stereocenters. The lowest BCUT2D eigenvalue weighted by Gasteiger charge is -2.29. The maximum atomic E-state index is 5.69. The van der Waals surface area contributed by atoms with E-state index in [1.165, 1.54) is 0 Å². The minimum absolute atomic E-state index is 0.338. The highest BCUT2D eigenvalue weighted by molar-refractivity contribution is 8.07. The van der Waals surface area contributed by atoms with Crippen LogP contribution in [0.15, 0.2) is 28.8 Å². The first-order valence-corrected chi connectivity index (χ1v) is 9.05. The molecule has 0 spiro atoms. The number of hydrogen-bond acceptors (Lipinski definition) is 6. The van der Waals surface area contributed by atoms with Gasteiger partial charge in [0.1, 0.15) is 0 Å². The van der Waals surface area contributed by atoms with Crippen molar-refractivity contribution < 1.29 is 4.52 Å². The van der Waals surface area contributed by atoms with Crippen molar-refractivity contribution in [3.8, 4) is 0 Å². The third kappa shape index (κ3) is 3.55. The summed E-state index contributed by atoms with van der Waals surface area (Å²) in [4.78, 5) is 4.57. The van der Waals surface area contributed by atoms with Gasteiger partial charge in [0.2, 0.25) is 5.89 Å². The molecule has 1 aliphatic rings. The Morgan fingerprint density at radius 2 is 2.00 bits per heavy atom. The Morgan fingerprint density at radius 3 is 2.71 bits per heavy atom. The molecular formula is C15H19N3OS2. The van der Waals surface area contributed by atoms with Crippen LogP contribution >= 0.6 is 23.5 Å². The van der Waals surface area contributed by atoms with Crippen LogP contribution in [0.1, 0.15) is 36.4 Å². The van der Waals surface area contributed by atoms with Crippen LogP contribution in [0.5, 0.6) is 0 Å². The molecule has 3 rings (SSSR count). The molecule has 2 aromatic rings. The molecule has 0 aliphatic carbocycles. The van der Waals surface area contributed by atoms with Crippen LogP contribution < -0.4 is 5.73 Å². The van der Waals surface area contributed by atoms with Crippen LogP contribution in [-0.4, -0.2) is 26.4 Å². The molecule has 1 fully saturated rings. The van der Waals surface area contributed by atoms with Crippen molar-refractivity contribution in [2.24, 2.45) is 0 Å². The van der Waals surface area contributed by atoms with Crippen LogP contribution in [0.3, 0.4) is 0 Å². The third-order valence-electron chi connectivity index (χ3n) is 3.66. The average Bonchev–Trinajstić information content (AvgIpc) is 2.93. The second kappa shape index (κ2) is 6.32. The van der Waals surface area contributed by atoms with Gasteiger partial charge in [-0.3, -0.25) is 0 Å². The predicted molar refractivity (Wildman–Crippen MR) is 89.7 cm³/mol. The van der Waals surface area contributed by atoms with E-state index in [-0.39, 0.29) is 0 Å². The van der Waals surface area contributed by atoms with Crippen molar-refractivity contribution in [3.63, 3.8) is 0 Å². The topological polar surface area (TPSA) is 64.9 Å². The minimum atomic E-state index is 0.338. The molecule has 112 valence electrons. The van der Waals surface area contributed by atoms with Gasteiger partial charge < -0.3 is 10.3 Å². The number of thioether (sulfide) groups is 2. The molecule has 1 saturated heterocycles.